The number of nitrogens with one attached hydrogen (secondary N) is 2. The van der Waals surface area contributed by atoms with Gasteiger partial charge in [-0.05, 0) is 36.6 Å². The van der Waals surface area contributed by atoms with Gasteiger partial charge in [-0.2, -0.15) is 0 Å². The lowest BCUT2D eigenvalue weighted by atomic mass is 10.0. The lowest BCUT2D eigenvalue weighted by molar-refractivity contribution is -0.122. The zero-order chi connectivity index (χ0) is 17.2. The van der Waals surface area contributed by atoms with E-state index >= 15 is 0 Å². The number of hydrogen-bond acceptors (Lipinski definition) is 5. The highest BCUT2D eigenvalue weighted by atomic mass is 16.5. The first-order valence-electron chi connectivity index (χ1n) is 7.65. The molecule has 2 N–H and O–H groups in total. The summed E-state index contributed by atoms with van der Waals surface area (Å²) in [5.74, 6) is 0.620. The Labute approximate surface area is 137 Å². The molecule has 2 unspecified atom stereocenters. The van der Waals surface area contributed by atoms with E-state index in [0.717, 1.165) is 23.2 Å². The van der Waals surface area contributed by atoms with Gasteiger partial charge in [0.25, 0.3) is 0 Å². The molecular formula is C17H26N2O4. The first-order valence-corrected chi connectivity index (χ1v) is 7.65. The Hall–Kier alpha value is -1.92. The first kappa shape index (κ1) is 19.1. The van der Waals surface area contributed by atoms with Crippen molar-refractivity contribution in [3.05, 3.63) is 29.3 Å². The maximum absolute atomic E-state index is 11.9. The minimum absolute atomic E-state index is 0.0638. The molecule has 0 saturated heterocycles. The van der Waals surface area contributed by atoms with Crippen molar-refractivity contribution in [2.24, 2.45) is 0 Å². The summed E-state index contributed by atoms with van der Waals surface area (Å²) in [5, 5.41) is 5.82. The second kappa shape index (κ2) is 9.97. The van der Waals surface area contributed by atoms with Crippen molar-refractivity contribution in [1.29, 1.82) is 0 Å². The van der Waals surface area contributed by atoms with Gasteiger partial charge in [0.15, 0.2) is 0 Å². The highest BCUT2D eigenvalue weighted by Gasteiger charge is 2.18. The van der Waals surface area contributed by atoms with E-state index in [-0.39, 0.29) is 12.0 Å². The van der Waals surface area contributed by atoms with E-state index in [1.54, 1.807) is 21.3 Å². The number of aldehydes is 1. The zero-order valence-electron chi connectivity index (χ0n) is 14.2. The molecular weight excluding hydrogens is 296 g/mol. The van der Waals surface area contributed by atoms with E-state index in [9.17, 15) is 9.59 Å². The topological polar surface area (TPSA) is 76.7 Å². The predicted octanol–water partition coefficient (Wildman–Crippen LogP) is 1.59. The zero-order valence-corrected chi connectivity index (χ0v) is 14.2. The van der Waals surface area contributed by atoms with E-state index < -0.39 is 6.04 Å². The number of hydrogen-bond donors (Lipinski definition) is 2. The van der Waals surface area contributed by atoms with Gasteiger partial charge >= 0.3 is 0 Å². The van der Waals surface area contributed by atoms with Gasteiger partial charge in [-0.3, -0.25) is 4.79 Å². The fraction of sp³-hybridized carbons (Fsp3) is 0.529. The van der Waals surface area contributed by atoms with Gasteiger partial charge in [0, 0.05) is 27.1 Å². The summed E-state index contributed by atoms with van der Waals surface area (Å²) in [6.45, 7) is 2.45. The number of ether oxygens (including phenoxy) is 2. The van der Waals surface area contributed by atoms with Crippen LogP contribution in [-0.2, 0) is 20.9 Å². The van der Waals surface area contributed by atoms with Crippen molar-refractivity contribution >= 4 is 12.2 Å². The summed E-state index contributed by atoms with van der Waals surface area (Å²) in [5.41, 5.74) is 2.03. The molecule has 1 rings (SSSR count). The smallest absolute Gasteiger partial charge is 0.236 e. The third-order valence-electron chi connectivity index (χ3n) is 3.82. The maximum atomic E-state index is 11.9. The lowest BCUT2D eigenvalue weighted by Crippen LogP contribution is -2.42. The number of likely N-dealkylation sites (N-methyl/N-ethyl adjacent to an activating group) is 1. The van der Waals surface area contributed by atoms with Gasteiger partial charge in [0.1, 0.15) is 12.0 Å². The van der Waals surface area contributed by atoms with Crippen molar-refractivity contribution in [1.82, 2.24) is 10.6 Å². The summed E-state index contributed by atoms with van der Waals surface area (Å²) in [6.07, 6.45) is 1.56. The van der Waals surface area contributed by atoms with Crippen molar-refractivity contribution < 1.29 is 19.1 Å². The van der Waals surface area contributed by atoms with Gasteiger partial charge < -0.3 is 24.9 Å². The lowest BCUT2D eigenvalue weighted by Gasteiger charge is -2.20. The molecule has 0 fully saturated rings. The van der Waals surface area contributed by atoms with Gasteiger partial charge in [-0.25, -0.2) is 0 Å². The minimum atomic E-state index is -0.415. The summed E-state index contributed by atoms with van der Waals surface area (Å²) in [4.78, 5) is 22.5. The molecule has 0 bridgehead atoms. The second-order valence-electron chi connectivity index (χ2n) is 5.23. The van der Waals surface area contributed by atoms with Crippen molar-refractivity contribution in [3.63, 3.8) is 0 Å². The second-order valence-corrected chi connectivity index (χ2v) is 5.23. The standard InChI is InChI=1S/C17H26N2O4/c1-12(22-3)15-8-7-14(23-4)10-13(15)11-19-16(6-5-9-20)17(21)18-2/h7-10,12,16,19H,5-6,11H2,1-4H3,(H,18,21). The van der Waals surface area contributed by atoms with Gasteiger partial charge in [0.2, 0.25) is 5.91 Å². The summed E-state index contributed by atoms with van der Waals surface area (Å²) in [7, 11) is 4.86. The van der Waals surface area contributed by atoms with Crippen LogP contribution in [0.5, 0.6) is 5.75 Å². The number of rotatable bonds is 10. The van der Waals surface area contributed by atoms with E-state index in [1.807, 2.05) is 25.1 Å². The molecule has 0 aliphatic carbocycles. The van der Waals surface area contributed by atoms with Gasteiger partial charge in [0.05, 0.1) is 19.3 Å². The molecule has 0 radical (unpaired) electrons. The van der Waals surface area contributed by atoms with E-state index in [1.165, 1.54) is 0 Å². The third kappa shape index (κ3) is 5.65. The fourth-order valence-electron chi connectivity index (χ4n) is 2.35. The van der Waals surface area contributed by atoms with Crippen molar-refractivity contribution in [2.45, 2.75) is 38.5 Å². The summed E-state index contributed by atoms with van der Waals surface area (Å²) >= 11 is 0. The van der Waals surface area contributed by atoms with Crippen LogP contribution in [0.3, 0.4) is 0 Å². The normalized spacial score (nSPS) is 13.2. The molecule has 128 valence electrons. The monoisotopic (exact) mass is 322 g/mol. The Morgan fingerprint density at radius 3 is 2.65 bits per heavy atom. The molecule has 6 heteroatoms. The first-order chi connectivity index (χ1) is 11.1. The fourth-order valence-corrected chi connectivity index (χ4v) is 2.35. The Bertz CT molecular complexity index is 519. The van der Waals surface area contributed by atoms with Crippen LogP contribution < -0.4 is 15.4 Å². The highest BCUT2D eigenvalue weighted by molar-refractivity contribution is 5.81. The molecule has 1 amide bonds. The third-order valence-corrected chi connectivity index (χ3v) is 3.82. The predicted molar refractivity (Wildman–Crippen MR) is 88.4 cm³/mol. The van der Waals surface area contributed by atoms with Crippen molar-refractivity contribution in [2.75, 3.05) is 21.3 Å². The molecule has 23 heavy (non-hydrogen) atoms. The summed E-state index contributed by atoms with van der Waals surface area (Å²) in [6, 6.07) is 5.36. The molecule has 1 aromatic carbocycles. The molecule has 1 aromatic rings. The maximum Gasteiger partial charge on any atom is 0.236 e. The molecule has 0 aliphatic heterocycles. The van der Waals surface area contributed by atoms with E-state index in [2.05, 4.69) is 10.6 Å². The Kier molecular flexibility index (Phi) is 8.29. The Morgan fingerprint density at radius 1 is 1.35 bits per heavy atom. The quantitative estimate of drug-likeness (QED) is 0.640. The van der Waals surface area contributed by atoms with Gasteiger partial charge in [-0.1, -0.05) is 6.07 Å². The van der Waals surface area contributed by atoms with E-state index in [0.29, 0.717) is 19.4 Å². The summed E-state index contributed by atoms with van der Waals surface area (Å²) < 4.78 is 10.7. The van der Waals surface area contributed by atoms with Crippen LogP contribution in [0.15, 0.2) is 18.2 Å². The van der Waals surface area contributed by atoms with Crippen LogP contribution in [-0.4, -0.2) is 39.5 Å². The minimum Gasteiger partial charge on any atom is -0.497 e. The molecule has 0 spiro atoms. The number of carbonyl (C=O) groups excluding carboxylic acids is 2. The van der Waals surface area contributed by atoms with Gasteiger partial charge in [-0.15, -0.1) is 0 Å². The Balaban J connectivity index is 2.91. The number of methoxy groups -OCH3 is 2. The highest BCUT2D eigenvalue weighted by Crippen LogP contribution is 2.25. The average molecular weight is 322 g/mol. The van der Waals surface area contributed by atoms with E-state index in [4.69, 9.17) is 9.47 Å². The number of carbonyl (C=O) groups is 2. The SMILES string of the molecule is CNC(=O)C(CCC=O)NCc1cc(OC)ccc1C(C)OC. The number of benzene rings is 1. The largest absolute Gasteiger partial charge is 0.497 e. The molecule has 0 aliphatic rings. The molecule has 0 heterocycles. The van der Waals surface area contributed by atoms with Crippen LogP contribution in [0.1, 0.15) is 37.0 Å². The molecule has 2 atom stereocenters. The molecule has 6 nitrogen and oxygen atoms in total. The van der Waals surface area contributed by atoms with Crippen LogP contribution >= 0.6 is 0 Å². The van der Waals surface area contributed by atoms with Crippen LogP contribution in [0.25, 0.3) is 0 Å². The molecule has 0 aromatic heterocycles. The van der Waals surface area contributed by atoms with Crippen LogP contribution in [0, 0.1) is 0 Å². The number of amides is 1. The van der Waals surface area contributed by atoms with Crippen molar-refractivity contribution in [3.8, 4) is 5.75 Å². The Morgan fingerprint density at radius 2 is 2.09 bits per heavy atom. The van der Waals surface area contributed by atoms with Crippen LogP contribution in [0.4, 0.5) is 0 Å². The van der Waals surface area contributed by atoms with Crippen LogP contribution in [0.2, 0.25) is 0 Å². The average Bonchev–Trinajstić information content (AvgIpc) is 2.60. The molecule has 0 saturated carbocycles.